The number of allylic oxidation sites excluding steroid dienone is 5. The number of hydrogen-bond acceptors (Lipinski definition) is 3. The third-order valence-corrected chi connectivity index (χ3v) is 7.83. The van der Waals surface area contributed by atoms with Gasteiger partial charge >= 0.3 is 0 Å². The summed E-state index contributed by atoms with van der Waals surface area (Å²) in [4.78, 5) is 0. The molecule has 3 aliphatic carbocycles. The zero-order chi connectivity index (χ0) is 22.1. The van der Waals surface area contributed by atoms with Crippen molar-refractivity contribution in [2.24, 2.45) is 17.3 Å². The summed E-state index contributed by atoms with van der Waals surface area (Å²) >= 11 is 0. The molecule has 2 fully saturated rings. The molecule has 2 saturated carbocycles. The summed E-state index contributed by atoms with van der Waals surface area (Å²) in [5, 5.41) is 30.2. The second-order valence-electron chi connectivity index (χ2n) is 10.9. The molecule has 0 aliphatic heterocycles. The molecule has 0 amide bonds. The van der Waals surface area contributed by atoms with Gasteiger partial charge in [-0.1, -0.05) is 56.2 Å². The van der Waals surface area contributed by atoms with Crippen LogP contribution in [0, 0.1) is 17.3 Å². The molecule has 5 atom stereocenters. The largest absolute Gasteiger partial charge is 0.393 e. The van der Waals surface area contributed by atoms with E-state index in [9.17, 15) is 15.3 Å². The van der Waals surface area contributed by atoms with Crippen LogP contribution in [-0.4, -0.2) is 33.1 Å². The number of hydrogen-bond donors (Lipinski definition) is 3. The maximum Gasteiger partial charge on any atom is 0.0811 e. The Kier molecular flexibility index (Phi) is 7.16. The van der Waals surface area contributed by atoms with Gasteiger partial charge in [0.05, 0.1) is 17.8 Å². The Bertz CT molecular complexity index is 736. The number of aliphatic hydroxyl groups excluding tert-OH is 2. The molecule has 3 rings (SSSR count). The molecule has 3 heteroatoms. The Morgan fingerprint density at radius 2 is 2.03 bits per heavy atom. The van der Waals surface area contributed by atoms with Gasteiger partial charge in [0.1, 0.15) is 0 Å². The van der Waals surface area contributed by atoms with Gasteiger partial charge in [0.15, 0.2) is 0 Å². The molecule has 0 aromatic carbocycles. The Morgan fingerprint density at radius 3 is 2.73 bits per heavy atom. The lowest BCUT2D eigenvalue weighted by Crippen LogP contribution is -2.32. The van der Waals surface area contributed by atoms with Crippen molar-refractivity contribution in [2.75, 3.05) is 0 Å². The van der Waals surface area contributed by atoms with Crippen molar-refractivity contribution in [1.29, 1.82) is 0 Å². The smallest absolute Gasteiger partial charge is 0.0811 e. The fraction of sp³-hybridized carbons (Fsp3) is 0.704. The van der Waals surface area contributed by atoms with Gasteiger partial charge in [0.25, 0.3) is 0 Å². The van der Waals surface area contributed by atoms with Gasteiger partial charge in [-0.05, 0) is 87.2 Å². The molecule has 0 radical (unpaired) electrons. The molecular weight excluding hydrogens is 372 g/mol. The molecule has 1 unspecified atom stereocenters. The Hall–Kier alpha value is -1.16. The lowest BCUT2D eigenvalue weighted by molar-refractivity contribution is 0.0670. The third kappa shape index (κ3) is 5.18. The first-order valence-electron chi connectivity index (χ1n) is 11.9. The molecule has 3 N–H and O–H groups in total. The van der Waals surface area contributed by atoms with E-state index in [1.807, 2.05) is 13.8 Å². The van der Waals surface area contributed by atoms with E-state index in [-0.39, 0.29) is 5.41 Å². The summed E-state index contributed by atoms with van der Waals surface area (Å²) in [5.74, 6) is 1.12. The summed E-state index contributed by atoms with van der Waals surface area (Å²) in [7, 11) is 0. The average Bonchev–Trinajstić information content (AvgIpc) is 3.00. The van der Waals surface area contributed by atoms with Gasteiger partial charge in [0, 0.05) is 6.42 Å². The van der Waals surface area contributed by atoms with Crippen molar-refractivity contribution >= 4 is 0 Å². The maximum absolute atomic E-state index is 10.1. The van der Waals surface area contributed by atoms with Gasteiger partial charge in [-0.15, -0.1) is 0 Å². The predicted molar refractivity (Wildman–Crippen MR) is 124 cm³/mol. The lowest BCUT2D eigenvalue weighted by atomic mass is 9.62. The number of rotatable bonds is 6. The van der Waals surface area contributed by atoms with Gasteiger partial charge in [-0.25, -0.2) is 0 Å². The van der Waals surface area contributed by atoms with E-state index in [0.717, 1.165) is 43.3 Å². The molecule has 0 spiro atoms. The molecule has 0 bridgehead atoms. The van der Waals surface area contributed by atoms with Crippen molar-refractivity contribution in [3.05, 3.63) is 47.1 Å². The molecule has 0 heterocycles. The van der Waals surface area contributed by atoms with Crippen LogP contribution in [0.1, 0.15) is 85.5 Å². The van der Waals surface area contributed by atoms with E-state index in [2.05, 4.69) is 38.7 Å². The highest BCUT2D eigenvalue weighted by atomic mass is 16.3. The fourth-order valence-electron chi connectivity index (χ4n) is 6.08. The van der Waals surface area contributed by atoms with Crippen molar-refractivity contribution in [1.82, 2.24) is 0 Å². The van der Waals surface area contributed by atoms with Crippen LogP contribution in [0.2, 0.25) is 0 Å². The van der Waals surface area contributed by atoms with E-state index in [1.54, 1.807) is 5.57 Å². The summed E-state index contributed by atoms with van der Waals surface area (Å²) < 4.78 is 0. The Labute approximate surface area is 183 Å². The minimum atomic E-state index is -0.625. The van der Waals surface area contributed by atoms with Crippen LogP contribution < -0.4 is 0 Å². The third-order valence-electron chi connectivity index (χ3n) is 7.83. The lowest BCUT2D eigenvalue weighted by Gasteiger charge is -2.42. The van der Waals surface area contributed by atoms with Crippen LogP contribution in [0.25, 0.3) is 0 Å². The second-order valence-corrected chi connectivity index (χ2v) is 10.9. The van der Waals surface area contributed by atoms with E-state index in [4.69, 9.17) is 0 Å². The zero-order valence-electron chi connectivity index (χ0n) is 19.5. The first-order valence-corrected chi connectivity index (χ1v) is 11.9. The van der Waals surface area contributed by atoms with Gasteiger partial charge in [-0.3, -0.25) is 0 Å². The highest BCUT2D eigenvalue weighted by Crippen LogP contribution is 2.57. The normalized spacial score (nSPS) is 36.2. The Balaban J connectivity index is 1.71. The van der Waals surface area contributed by atoms with E-state index in [0.29, 0.717) is 24.7 Å². The molecular formula is C27H42O3. The van der Waals surface area contributed by atoms with Crippen molar-refractivity contribution in [3.63, 3.8) is 0 Å². The highest BCUT2D eigenvalue weighted by molar-refractivity contribution is 5.40. The van der Waals surface area contributed by atoms with Crippen molar-refractivity contribution in [3.8, 4) is 0 Å². The average molecular weight is 415 g/mol. The molecule has 0 aromatic rings. The topological polar surface area (TPSA) is 60.7 Å². The number of aliphatic hydroxyl groups is 3. The molecule has 0 saturated heterocycles. The summed E-state index contributed by atoms with van der Waals surface area (Å²) in [6.07, 6.45) is 14.5. The molecule has 3 aliphatic rings. The summed E-state index contributed by atoms with van der Waals surface area (Å²) in [6, 6.07) is 0. The standard InChI is InChI=1S/C27H42O3/c1-18(8-6-14-26(3,4)30)23-12-13-24-20(9-7-15-27(23,24)5)10-11-21-16-22(28)17-25(29)19(21)2/h10-12,18,22,24-25,28-30H,2,6-9,13-17H2,1,3-5H3/b20-10+,21-11+/t18-,22-,24?,25+,27-/m1/s1. The van der Waals surface area contributed by atoms with Crippen LogP contribution in [0.5, 0.6) is 0 Å². The van der Waals surface area contributed by atoms with E-state index in [1.165, 1.54) is 18.4 Å². The Morgan fingerprint density at radius 1 is 1.30 bits per heavy atom. The minimum absolute atomic E-state index is 0.235. The van der Waals surface area contributed by atoms with Crippen molar-refractivity contribution in [2.45, 2.75) is 103 Å². The predicted octanol–water partition coefficient (Wildman–Crippen LogP) is 5.62. The first-order chi connectivity index (χ1) is 14.0. The molecule has 3 nitrogen and oxygen atoms in total. The van der Waals surface area contributed by atoms with E-state index >= 15 is 0 Å². The van der Waals surface area contributed by atoms with Crippen LogP contribution in [0.3, 0.4) is 0 Å². The van der Waals surface area contributed by atoms with E-state index < -0.39 is 17.8 Å². The molecule has 168 valence electrons. The number of fused-ring (bicyclic) bond motifs is 1. The van der Waals surface area contributed by atoms with Crippen LogP contribution >= 0.6 is 0 Å². The summed E-state index contributed by atoms with van der Waals surface area (Å²) in [5.41, 5.74) is 4.55. The van der Waals surface area contributed by atoms with Crippen LogP contribution in [0.4, 0.5) is 0 Å². The van der Waals surface area contributed by atoms with Crippen LogP contribution in [-0.2, 0) is 0 Å². The quantitative estimate of drug-likeness (QED) is 0.494. The minimum Gasteiger partial charge on any atom is -0.393 e. The second kappa shape index (κ2) is 9.14. The van der Waals surface area contributed by atoms with Gasteiger partial charge in [0.2, 0.25) is 0 Å². The molecule has 0 aromatic heterocycles. The SMILES string of the molecule is C=C1/C(=C/C=C2\CCC[C@]3(C)C([C@H](C)CCCC(C)(C)O)=CCC23)C[C@@H](O)C[C@@H]1O. The first kappa shape index (κ1) is 23.5. The summed E-state index contributed by atoms with van der Waals surface area (Å²) in [6.45, 7) is 12.7. The zero-order valence-corrected chi connectivity index (χ0v) is 19.5. The monoisotopic (exact) mass is 414 g/mol. The van der Waals surface area contributed by atoms with Crippen LogP contribution in [0.15, 0.2) is 47.1 Å². The highest BCUT2D eigenvalue weighted by Gasteiger charge is 2.45. The van der Waals surface area contributed by atoms with Gasteiger partial charge in [-0.2, -0.15) is 0 Å². The fourth-order valence-corrected chi connectivity index (χ4v) is 6.08. The molecule has 30 heavy (non-hydrogen) atoms. The maximum atomic E-state index is 10.1. The van der Waals surface area contributed by atoms with Crippen molar-refractivity contribution < 1.29 is 15.3 Å². The van der Waals surface area contributed by atoms with Gasteiger partial charge < -0.3 is 15.3 Å².